The highest BCUT2D eigenvalue weighted by molar-refractivity contribution is 5.86. The first kappa shape index (κ1) is 14.4. The highest BCUT2D eigenvalue weighted by Crippen LogP contribution is 2.07. The molecule has 0 saturated carbocycles. The van der Waals surface area contributed by atoms with E-state index in [9.17, 15) is 4.79 Å². The van der Waals surface area contributed by atoms with Gasteiger partial charge in [0.1, 0.15) is 0 Å². The lowest BCUT2D eigenvalue weighted by atomic mass is 10.1. The Morgan fingerprint density at radius 3 is 2.44 bits per heavy atom. The molecule has 2 nitrogen and oxygen atoms in total. The monoisotopic (exact) mass is 220 g/mol. The quantitative estimate of drug-likeness (QED) is 0.419. The molecule has 1 N–H and O–H groups in total. The highest BCUT2D eigenvalue weighted by Gasteiger charge is 1.95. The van der Waals surface area contributed by atoms with E-state index in [4.69, 9.17) is 5.11 Å². The predicted octanol–water partition coefficient (Wildman–Crippen LogP) is 3.88. The zero-order chi connectivity index (χ0) is 12.6. The van der Waals surface area contributed by atoms with E-state index in [2.05, 4.69) is 26.5 Å². The minimum atomic E-state index is -0.889. The summed E-state index contributed by atoms with van der Waals surface area (Å²) in [6.45, 7) is 9.60. The summed E-state index contributed by atoms with van der Waals surface area (Å²) >= 11 is 0. The van der Waals surface area contributed by atoms with Crippen LogP contribution in [0.15, 0.2) is 47.6 Å². The molecule has 0 amide bonds. The highest BCUT2D eigenvalue weighted by atomic mass is 16.4. The van der Waals surface area contributed by atoms with Gasteiger partial charge in [0, 0.05) is 5.57 Å². The van der Waals surface area contributed by atoms with Gasteiger partial charge < -0.3 is 5.11 Å². The molecule has 0 aromatic carbocycles. The first-order valence-corrected chi connectivity index (χ1v) is 5.33. The van der Waals surface area contributed by atoms with Gasteiger partial charge in [-0.3, -0.25) is 0 Å². The Kier molecular flexibility index (Phi) is 6.93. The van der Waals surface area contributed by atoms with Gasteiger partial charge in [0.25, 0.3) is 0 Å². The molecule has 0 saturated heterocycles. The molecule has 0 aromatic heterocycles. The van der Waals surface area contributed by atoms with E-state index >= 15 is 0 Å². The largest absolute Gasteiger partial charge is 0.478 e. The van der Waals surface area contributed by atoms with Crippen LogP contribution in [0.25, 0.3) is 0 Å². The lowest BCUT2D eigenvalue weighted by Crippen LogP contribution is -1.94. The number of aliphatic carboxylic acids is 1. The normalized spacial score (nSPS) is 11.6. The van der Waals surface area contributed by atoms with Gasteiger partial charge in [-0.2, -0.15) is 0 Å². The van der Waals surface area contributed by atoms with E-state index in [0.29, 0.717) is 5.57 Å². The van der Waals surface area contributed by atoms with Crippen molar-refractivity contribution >= 4 is 5.97 Å². The Hall–Kier alpha value is -1.57. The summed E-state index contributed by atoms with van der Waals surface area (Å²) in [5.41, 5.74) is 2.64. The number of carbonyl (C=O) groups is 1. The molecule has 0 radical (unpaired) electrons. The van der Waals surface area contributed by atoms with Crippen molar-refractivity contribution in [3.8, 4) is 0 Å². The number of rotatable bonds is 6. The first-order chi connectivity index (χ1) is 7.43. The summed E-state index contributed by atoms with van der Waals surface area (Å²) in [6, 6.07) is 0. The molecular formula is C14H20O2. The van der Waals surface area contributed by atoms with E-state index in [0.717, 1.165) is 18.4 Å². The second-order valence-corrected chi connectivity index (χ2v) is 3.99. The number of allylic oxidation sites excluding steroid dienone is 6. The molecule has 0 aliphatic rings. The van der Waals surface area contributed by atoms with E-state index in [1.54, 1.807) is 19.1 Å². The van der Waals surface area contributed by atoms with E-state index < -0.39 is 5.97 Å². The van der Waals surface area contributed by atoms with Gasteiger partial charge >= 0.3 is 5.97 Å². The minimum Gasteiger partial charge on any atom is -0.478 e. The van der Waals surface area contributed by atoms with Gasteiger partial charge in [-0.25, -0.2) is 4.79 Å². The average molecular weight is 220 g/mol. The molecule has 0 unspecified atom stereocenters. The molecule has 0 heterocycles. The summed E-state index contributed by atoms with van der Waals surface area (Å²) in [7, 11) is 0. The van der Waals surface area contributed by atoms with E-state index in [-0.39, 0.29) is 0 Å². The van der Waals surface area contributed by atoms with Gasteiger partial charge in [-0.15, -0.1) is 0 Å². The average Bonchev–Trinajstić information content (AvgIpc) is 2.16. The Labute approximate surface area is 97.7 Å². The van der Waals surface area contributed by atoms with E-state index in [1.165, 1.54) is 5.57 Å². The van der Waals surface area contributed by atoms with Crippen LogP contribution in [0.5, 0.6) is 0 Å². The SMILES string of the molecule is C=C(C=CC=C(C)C(=O)O)CCC=C(C)C. The maximum atomic E-state index is 10.5. The molecule has 0 aromatic rings. The van der Waals surface area contributed by atoms with Crippen LogP contribution < -0.4 is 0 Å². The van der Waals surface area contributed by atoms with Crippen molar-refractivity contribution in [2.45, 2.75) is 33.6 Å². The van der Waals surface area contributed by atoms with Gasteiger partial charge in [-0.1, -0.05) is 42.0 Å². The Morgan fingerprint density at radius 1 is 1.31 bits per heavy atom. The lowest BCUT2D eigenvalue weighted by Gasteiger charge is -1.96. The molecule has 0 bridgehead atoms. The van der Waals surface area contributed by atoms with Gasteiger partial charge in [0.05, 0.1) is 0 Å². The van der Waals surface area contributed by atoms with Crippen molar-refractivity contribution in [3.63, 3.8) is 0 Å². The van der Waals surface area contributed by atoms with E-state index in [1.807, 2.05) is 6.08 Å². The molecule has 16 heavy (non-hydrogen) atoms. The molecule has 0 fully saturated rings. The molecule has 2 heteroatoms. The molecule has 0 rings (SSSR count). The van der Waals surface area contributed by atoms with Crippen LogP contribution in [0.1, 0.15) is 33.6 Å². The van der Waals surface area contributed by atoms with Crippen molar-refractivity contribution in [3.05, 3.63) is 47.6 Å². The second kappa shape index (κ2) is 7.69. The third kappa shape index (κ3) is 7.80. The number of carboxylic acid groups (broad SMARTS) is 1. The van der Waals surface area contributed by atoms with Crippen LogP contribution in [-0.2, 0) is 4.79 Å². The lowest BCUT2D eigenvalue weighted by molar-refractivity contribution is -0.132. The Morgan fingerprint density at radius 2 is 1.94 bits per heavy atom. The van der Waals surface area contributed by atoms with Crippen molar-refractivity contribution in [2.75, 3.05) is 0 Å². The minimum absolute atomic E-state index is 0.327. The van der Waals surface area contributed by atoms with Crippen LogP contribution in [0.2, 0.25) is 0 Å². The Balaban J connectivity index is 4.06. The summed E-state index contributed by atoms with van der Waals surface area (Å²) in [4.78, 5) is 10.5. The van der Waals surface area contributed by atoms with Crippen LogP contribution in [0.4, 0.5) is 0 Å². The summed E-state index contributed by atoms with van der Waals surface area (Å²) < 4.78 is 0. The van der Waals surface area contributed by atoms with Gasteiger partial charge in [-0.05, 0) is 33.6 Å². The fourth-order valence-electron chi connectivity index (χ4n) is 1.03. The molecule has 0 aliphatic heterocycles. The summed E-state index contributed by atoms with van der Waals surface area (Å²) in [5.74, 6) is -0.889. The molecule has 0 atom stereocenters. The third-order valence-electron chi connectivity index (χ3n) is 2.03. The zero-order valence-corrected chi connectivity index (χ0v) is 10.3. The Bertz CT molecular complexity index is 340. The van der Waals surface area contributed by atoms with Crippen molar-refractivity contribution in [1.29, 1.82) is 0 Å². The van der Waals surface area contributed by atoms with Crippen molar-refractivity contribution < 1.29 is 9.90 Å². The van der Waals surface area contributed by atoms with Crippen molar-refractivity contribution in [1.82, 2.24) is 0 Å². The van der Waals surface area contributed by atoms with Crippen molar-refractivity contribution in [2.24, 2.45) is 0 Å². The number of hydrogen-bond donors (Lipinski definition) is 1. The maximum Gasteiger partial charge on any atom is 0.331 e. The molecular weight excluding hydrogens is 200 g/mol. The smallest absolute Gasteiger partial charge is 0.331 e. The molecule has 88 valence electrons. The summed E-state index contributed by atoms with van der Waals surface area (Å²) in [5, 5.41) is 8.62. The number of carboxylic acids is 1. The van der Waals surface area contributed by atoms with Crippen LogP contribution in [0, 0.1) is 0 Å². The molecule has 0 spiro atoms. The van der Waals surface area contributed by atoms with Crippen LogP contribution in [0.3, 0.4) is 0 Å². The fourth-order valence-corrected chi connectivity index (χ4v) is 1.03. The zero-order valence-electron chi connectivity index (χ0n) is 10.3. The fraction of sp³-hybridized carbons (Fsp3) is 0.357. The van der Waals surface area contributed by atoms with Gasteiger partial charge in [0.15, 0.2) is 0 Å². The second-order valence-electron chi connectivity index (χ2n) is 3.99. The maximum absolute atomic E-state index is 10.5. The summed E-state index contributed by atoms with van der Waals surface area (Å²) in [6.07, 6.45) is 9.21. The van der Waals surface area contributed by atoms with Crippen LogP contribution >= 0.6 is 0 Å². The third-order valence-corrected chi connectivity index (χ3v) is 2.03. The standard InChI is InChI=1S/C14H20O2/c1-11(2)7-5-8-12(3)9-6-10-13(4)14(15)16/h6-7,9-10H,3,5,8H2,1-2,4H3,(H,15,16). The van der Waals surface area contributed by atoms with Gasteiger partial charge in [0.2, 0.25) is 0 Å². The topological polar surface area (TPSA) is 37.3 Å². The van der Waals surface area contributed by atoms with Crippen LogP contribution in [-0.4, -0.2) is 11.1 Å². The molecule has 0 aliphatic carbocycles. The first-order valence-electron chi connectivity index (χ1n) is 5.33. The number of hydrogen-bond acceptors (Lipinski definition) is 1. The predicted molar refractivity (Wildman–Crippen MR) is 68.3 cm³/mol.